The fourth-order valence-electron chi connectivity index (χ4n) is 1.88. The summed E-state index contributed by atoms with van der Waals surface area (Å²) >= 11 is 0. The molecule has 0 N–H and O–H groups in total. The van der Waals surface area contributed by atoms with E-state index in [1.807, 2.05) is 0 Å². The maximum atomic E-state index is 12.5. The number of esters is 1. The van der Waals surface area contributed by atoms with Gasteiger partial charge in [0.2, 0.25) is 11.7 Å². The molecule has 0 spiro atoms. The van der Waals surface area contributed by atoms with E-state index in [0.29, 0.717) is 11.3 Å². The van der Waals surface area contributed by atoms with Gasteiger partial charge in [0, 0.05) is 5.56 Å². The number of alkyl halides is 3. The Morgan fingerprint density at radius 1 is 1.19 bits per heavy atom. The first-order valence-corrected chi connectivity index (χ1v) is 7.03. The van der Waals surface area contributed by atoms with Crippen LogP contribution in [-0.2, 0) is 17.5 Å². The van der Waals surface area contributed by atoms with Crippen molar-refractivity contribution < 1.29 is 36.4 Å². The molecule has 26 heavy (non-hydrogen) atoms. The molecule has 0 radical (unpaired) electrons. The fraction of sp³-hybridized carbons (Fsp3) is 0.200. The highest BCUT2D eigenvalue weighted by atomic mass is 19.4. The van der Waals surface area contributed by atoms with Crippen LogP contribution in [-0.4, -0.2) is 28.2 Å². The highest BCUT2D eigenvalue weighted by Gasteiger charge is 2.38. The zero-order valence-corrected chi connectivity index (χ0v) is 13.1. The van der Waals surface area contributed by atoms with Gasteiger partial charge in [0.15, 0.2) is 12.3 Å². The van der Waals surface area contributed by atoms with Crippen LogP contribution < -0.4 is 4.74 Å². The summed E-state index contributed by atoms with van der Waals surface area (Å²) in [6.07, 6.45) is -3.56. The summed E-state index contributed by atoms with van der Waals surface area (Å²) in [6, 6.07) is 5.94. The molecule has 3 aromatic rings. The van der Waals surface area contributed by atoms with Crippen molar-refractivity contribution in [1.82, 2.24) is 15.1 Å². The van der Waals surface area contributed by atoms with Crippen LogP contribution in [0.1, 0.15) is 22.3 Å². The predicted molar refractivity (Wildman–Crippen MR) is 76.9 cm³/mol. The smallest absolute Gasteiger partial charge is 0.471 e. The SMILES string of the molecule is COC(=O)c1coc(COc2ccc(-c3noc(C(F)(F)F)n3)cc2)n1. The van der Waals surface area contributed by atoms with Gasteiger partial charge in [0.1, 0.15) is 12.0 Å². The average molecular weight is 369 g/mol. The largest absolute Gasteiger partial charge is 0.484 e. The van der Waals surface area contributed by atoms with Gasteiger partial charge in [0.25, 0.3) is 0 Å². The molecule has 0 aliphatic rings. The maximum absolute atomic E-state index is 12.5. The van der Waals surface area contributed by atoms with Gasteiger partial charge in [0.05, 0.1) is 7.11 Å². The highest BCUT2D eigenvalue weighted by Crippen LogP contribution is 2.29. The number of ether oxygens (including phenoxy) is 2. The number of rotatable bonds is 5. The van der Waals surface area contributed by atoms with Gasteiger partial charge in [-0.2, -0.15) is 18.2 Å². The van der Waals surface area contributed by atoms with Crippen LogP contribution >= 0.6 is 0 Å². The normalized spacial score (nSPS) is 11.4. The maximum Gasteiger partial charge on any atom is 0.471 e. The number of benzene rings is 1. The van der Waals surface area contributed by atoms with E-state index in [9.17, 15) is 18.0 Å². The summed E-state index contributed by atoms with van der Waals surface area (Å²) in [7, 11) is 1.22. The Bertz CT molecular complexity index is 902. The third-order valence-corrected chi connectivity index (χ3v) is 3.09. The number of halogens is 3. The van der Waals surface area contributed by atoms with Gasteiger partial charge >= 0.3 is 18.0 Å². The minimum atomic E-state index is -4.70. The number of methoxy groups -OCH3 is 1. The number of nitrogens with zero attached hydrogens (tertiary/aromatic N) is 3. The third-order valence-electron chi connectivity index (χ3n) is 3.09. The van der Waals surface area contributed by atoms with Crippen LogP contribution in [0.25, 0.3) is 11.4 Å². The fourth-order valence-corrected chi connectivity index (χ4v) is 1.88. The Labute approximate surface area is 143 Å². The monoisotopic (exact) mass is 369 g/mol. The van der Waals surface area contributed by atoms with Crippen molar-refractivity contribution in [2.24, 2.45) is 0 Å². The van der Waals surface area contributed by atoms with Crippen molar-refractivity contribution in [3.63, 3.8) is 0 Å². The van der Waals surface area contributed by atoms with Crippen molar-refractivity contribution in [3.8, 4) is 17.1 Å². The van der Waals surface area contributed by atoms with E-state index < -0.39 is 18.0 Å². The van der Waals surface area contributed by atoms with E-state index in [-0.39, 0.29) is 24.0 Å². The lowest BCUT2D eigenvalue weighted by Crippen LogP contribution is -2.04. The number of hydrogen-bond acceptors (Lipinski definition) is 8. The molecule has 11 heteroatoms. The number of aromatic nitrogens is 3. The molecule has 136 valence electrons. The molecule has 2 heterocycles. The molecular weight excluding hydrogens is 359 g/mol. The van der Waals surface area contributed by atoms with Crippen molar-refractivity contribution in [1.29, 1.82) is 0 Å². The molecule has 0 aliphatic carbocycles. The molecular formula is C15H10F3N3O5. The van der Waals surface area contributed by atoms with Crippen LogP contribution in [0.15, 0.2) is 39.5 Å². The lowest BCUT2D eigenvalue weighted by Gasteiger charge is -2.03. The minimum absolute atomic E-state index is 0.0130. The number of hydrogen-bond donors (Lipinski definition) is 0. The van der Waals surface area contributed by atoms with Crippen molar-refractivity contribution in [2.75, 3.05) is 7.11 Å². The Kier molecular flexibility index (Phi) is 4.61. The zero-order chi connectivity index (χ0) is 18.7. The first kappa shape index (κ1) is 17.5. The summed E-state index contributed by atoms with van der Waals surface area (Å²) in [5.41, 5.74) is 0.333. The van der Waals surface area contributed by atoms with Crippen LogP contribution in [0.3, 0.4) is 0 Å². The van der Waals surface area contributed by atoms with Gasteiger partial charge < -0.3 is 18.4 Å². The molecule has 0 amide bonds. The number of oxazole rings is 1. The van der Waals surface area contributed by atoms with E-state index in [1.165, 1.54) is 31.4 Å². The molecule has 0 saturated heterocycles. The second kappa shape index (κ2) is 6.86. The van der Waals surface area contributed by atoms with Gasteiger partial charge in [-0.25, -0.2) is 9.78 Å². The van der Waals surface area contributed by atoms with Crippen molar-refractivity contribution >= 4 is 5.97 Å². The van der Waals surface area contributed by atoms with Crippen LogP contribution in [0, 0.1) is 0 Å². The van der Waals surface area contributed by atoms with Crippen LogP contribution in [0.5, 0.6) is 5.75 Å². The molecule has 2 aromatic heterocycles. The van der Waals surface area contributed by atoms with E-state index in [0.717, 1.165) is 6.26 Å². The summed E-state index contributed by atoms with van der Waals surface area (Å²) < 4.78 is 56.5. The van der Waals surface area contributed by atoms with Crippen molar-refractivity contribution in [2.45, 2.75) is 12.8 Å². The summed E-state index contributed by atoms with van der Waals surface area (Å²) in [5, 5.41) is 3.29. The van der Waals surface area contributed by atoms with Gasteiger partial charge in [-0.1, -0.05) is 5.16 Å². The molecule has 0 fully saturated rings. The lowest BCUT2D eigenvalue weighted by atomic mass is 10.2. The first-order valence-electron chi connectivity index (χ1n) is 7.03. The molecule has 0 aliphatic heterocycles. The zero-order valence-electron chi connectivity index (χ0n) is 13.1. The molecule has 1 aromatic carbocycles. The summed E-state index contributed by atoms with van der Waals surface area (Å²) in [5.74, 6) is -1.70. The van der Waals surface area contributed by atoms with Crippen LogP contribution in [0.4, 0.5) is 13.2 Å². The third kappa shape index (κ3) is 3.82. The summed E-state index contributed by atoms with van der Waals surface area (Å²) in [6.45, 7) is -0.0588. The Morgan fingerprint density at radius 2 is 1.92 bits per heavy atom. The molecule has 0 atom stereocenters. The second-order valence-electron chi connectivity index (χ2n) is 4.85. The molecule has 0 unspecified atom stereocenters. The molecule has 8 nitrogen and oxygen atoms in total. The van der Waals surface area contributed by atoms with Gasteiger partial charge in [-0.15, -0.1) is 0 Å². The number of carbonyl (C=O) groups is 1. The standard InChI is InChI=1S/C15H10F3N3O5/c1-23-13(22)10-6-25-11(19-10)7-24-9-4-2-8(3-5-9)12-20-14(26-21-12)15(16,17)18/h2-6H,7H2,1H3. The van der Waals surface area contributed by atoms with Gasteiger partial charge in [-0.05, 0) is 24.3 Å². The Morgan fingerprint density at radius 3 is 2.54 bits per heavy atom. The van der Waals surface area contributed by atoms with Gasteiger partial charge in [-0.3, -0.25) is 0 Å². The van der Waals surface area contributed by atoms with E-state index >= 15 is 0 Å². The minimum Gasteiger partial charge on any atom is -0.484 e. The number of carbonyl (C=O) groups excluding carboxylic acids is 1. The molecule has 3 rings (SSSR count). The topological polar surface area (TPSA) is 100 Å². The second-order valence-corrected chi connectivity index (χ2v) is 4.85. The Balaban J connectivity index is 1.64. The van der Waals surface area contributed by atoms with E-state index in [1.54, 1.807) is 0 Å². The molecule has 0 bridgehead atoms. The lowest BCUT2D eigenvalue weighted by molar-refractivity contribution is -0.159. The predicted octanol–water partition coefficient (Wildman–Crippen LogP) is 3.11. The van der Waals surface area contributed by atoms with E-state index in [2.05, 4.69) is 24.4 Å². The highest BCUT2D eigenvalue weighted by molar-refractivity contribution is 5.86. The van der Waals surface area contributed by atoms with E-state index in [4.69, 9.17) is 9.15 Å². The van der Waals surface area contributed by atoms with Crippen molar-refractivity contribution in [3.05, 3.63) is 48.0 Å². The Hall–Kier alpha value is -3.37. The quantitative estimate of drug-likeness (QED) is 0.633. The molecule has 0 saturated carbocycles. The van der Waals surface area contributed by atoms with Crippen LogP contribution in [0.2, 0.25) is 0 Å². The summed E-state index contributed by atoms with van der Waals surface area (Å²) in [4.78, 5) is 18.4. The first-order chi connectivity index (χ1) is 12.4. The average Bonchev–Trinajstić information content (AvgIpc) is 3.29.